The first-order valence-corrected chi connectivity index (χ1v) is 12.3. The molecule has 0 radical (unpaired) electrons. The van der Waals surface area contributed by atoms with Crippen LogP contribution < -0.4 is 10.3 Å². The van der Waals surface area contributed by atoms with Crippen molar-refractivity contribution in [1.82, 2.24) is 30.1 Å². The van der Waals surface area contributed by atoms with Gasteiger partial charge in [0.05, 0.1) is 19.4 Å². The predicted octanol–water partition coefficient (Wildman–Crippen LogP) is 4.63. The molecule has 0 aliphatic carbocycles. The molecule has 0 spiro atoms. The Bertz CT molecular complexity index is 1520. The van der Waals surface area contributed by atoms with Gasteiger partial charge in [-0.1, -0.05) is 31.2 Å². The molecule has 9 heteroatoms. The summed E-state index contributed by atoms with van der Waals surface area (Å²) in [7, 11) is 1.65. The number of nitrogens with one attached hydrogen (secondary N) is 1. The lowest BCUT2D eigenvalue weighted by molar-refractivity contribution is 0.161. The van der Waals surface area contributed by atoms with Crippen LogP contribution in [-0.4, -0.2) is 37.2 Å². The van der Waals surface area contributed by atoms with Gasteiger partial charge >= 0.3 is 0 Å². The predicted molar refractivity (Wildman–Crippen MR) is 140 cm³/mol. The first-order chi connectivity index (χ1) is 18.0. The smallest absolute Gasteiger partial charge is 0.252 e. The second kappa shape index (κ2) is 10.8. The quantitative estimate of drug-likeness (QED) is 0.300. The van der Waals surface area contributed by atoms with E-state index >= 15 is 0 Å². The van der Waals surface area contributed by atoms with Gasteiger partial charge in [0.15, 0.2) is 5.82 Å². The summed E-state index contributed by atoms with van der Waals surface area (Å²) in [6.07, 6.45) is 2.39. The molecule has 0 saturated heterocycles. The molecular weight excluding hydrogens is 468 g/mol. The first kappa shape index (κ1) is 24.5. The number of furan rings is 1. The van der Waals surface area contributed by atoms with Gasteiger partial charge in [-0.05, 0) is 76.7 Å². The Morgan fingerprint density at radius 1 is 1.11 bits per heavy atom. The number of aromatic amines is 1. The SMILES string of the molecule is CC[C@H](c1nnnn1Cc1ccco1)N(Cc1ccc(OC)cc1)Cc1cc2ccc(C)cc2[nH]c1=O. The molecule has 5 rings (SSSR count). The highest BCUT2D eigenvalue weighted by molar-refractivity contribution is 5.79. The number of tetrazole rings is 1. The number of pyridine rings is 1. The van der Waals surface area contributed by atoms with Crippen molar-refractivity contribution in [2.75, 3.05) is 7.11 Å². The van der Waals surface area contributed by atoms with Crippen molar-refractivity contribution in [3.05, 3.63) is 106 Å². The van der Waals surface area contributed by atoms with E-state index in [1.54, 1.807) is 18.1 Å². The molecule has 0 aliphatic heterocycles. The van der Waals surface area contributed by atoms with Gasteiger partial charge in [-0.2, -0.15) is 0 Å². The van der Waals surface area contributed by atoms with Crippen LogP contribution in [0.25, 0.3) is 10.9 Å². The van der Waals surface area contributed by atoms with E-state index in [1.165, 1.54) is 0 Å². The zero-order valence-corrected chi connectivity index (χ0v) is 21.2. The van der Waals surface area contributed by atoms with Crippen LogP contribution in [0.2, 0.25) is 0 Å². The maximum Gasteiger partial charge on any atom is 0.252 e. The van der Waals surface area contributed by atoms with Crippen LogP contribution >= 0.6 is 0 Å². The summed E-state index contributed by atoms with van der Waals surface area (Å²) >= 11 is 0. The number of H-pyrrole nitrogens is 1. The maximum absolute atomic E-state index is 13.1. The number of hydrogen-bond acceptors (Lipinski definition) is 7. The molecule has 1 atom stereocenters. The summed E-state index contributed by atoms with van der Waals surface area (Å²) in [6.45, 7) is 5.57. The van der Waals surface area contributed by atoms with Gasteiger partial charge in [-0.15, -0.1) is 5.10 Å². The van der Waals surface area contributed by atoms with Crippen molar-refractivity contribution in [2.45, 2.75) is 45.9 Å². The first-order valence-electron chi connectivity index (χ1n) is 12.3. The van der Waals surface area contributed by atoms with E-state index in [9.17, 15) is 4.79 Å². The summed E-state index contributed by atoms with van der Waals surface area (Å²) in [4.78, 5) is 18.4. The van der Waals surface area contributed by atoms with Crippen molar-refractivity contribution < 1.29 is 9.15 Å². The summed E-state index contributed by atoms with van der Waals surface area (Å²) < 4.78 is 12.6. The monoisotopic (exact) mass is 498 g/mol. The number of aryl methyl sites for hydroxylation is 1. The molecule has 2 aromatic carbocycles. The number of aromatic nitrogens is 5. The molecule has 3 aromatic heterocycles. The van der Waals surface area contributed by atoms with Gasteiger partial charge in [0.1, 0.15) is 18.1 Å². The van der Waals surface area contributed by atoms with Gasteiger partial charge in [0, 0.05) is 24.2 Å². The Balaban J connectivity index is 1.51. The third kappa shape index (κ3) is 5.46. The molecule has 1 N–H and O–H groups in total. The molecule has 3 heterocycles. The van der Waals surface area contributed by atoms with E-state index in [0.29, 0.717) is 25.2 Å². The van der Waals surface area contributed by atoms with E-state index in [-0.39, 0.29) is 11.6 Å². The van der Waals surface area contributed by atoms with Crippen molar-refractivity contribution >= 4 is 10.9 Å². The third-order valence-electron chi connectivity index (χ3n) is 6.57. The molecule has 0 aliphatic rings. The number of methoxy groups -OCH3 is 1. The van der Waals surface area contributed by atoms with E-state index < -0.39 is 0 Å². The molecule has 0 amide bonds. The minimum atomic E-state index is -0.139. The molecule has 5 aromatic rings. The van der Waals surface area contributed by atoms with Crippen molar-refractivity contribution in [3.8, 4) is 5.75 Å². The highest BCUT2D eigenvalue weighted by Gasteiger charge is 2.26. The number of benzene rings is 2. The summed E-state index contributed by atoms with van der Waals surface area (Å²) in [5.41, 5.74) is 3.63. The molecule has 0 fully saturated rings. The van der Waals surface area contributed by atoms with Crippen LogP contribution in [0.3, 0.4) is 0 Å². The van der Waals surface area contributed by atoms with E-state index in [2.05, 4.69) is 38.4 Å². The molecular formula is C28H30N6O3. The fraction of sp³-hybridized carbons (Fsp3) is 0.286. The summed E-state index contributed by atoms with van der Waals surface area (Å²) in [5.74, 6) is 2.29. The standard InChI is InChI=1S/C28H30N6O3/c1-4-26(27-30-31-32-34(27)18-24-6-5-13-37-24)33(16-20-8-11-23(36-3)12-9-20)17-22-15-21-10-7-19(2)14-25(21)29-28(22)35/h5-15,26H,4,16-18H2,1-3H3,(H,29,35)/t26-/m1/s1. The molecule has 9 nitrogen and oxygen atoms in total. The maximum atomic E-state index is 13.1. The highest BCUT2D eigenvalue weighted by Crippen LogP contribution is 2.27. The lowest BCUT2D eigenvalue weighted by Crippen LogP contribution is -2.32. The fourth-order valence-corrected chi connectivity index (χ4v) is 4.66. The van der Waals surface area contributed by atoms with Crippen LogP contribution in [-0.2, 0) is 19.6 Å². The van der Waals surface area contributed by atoms with Crippen molar-refractivity contribution in [2.24, 2.45) is 0 Å². The number of hydrogen-bond donors (Lipinski definition) is 1. The van der Waals surface area contributed by atoms with Gasteiger partial charge in [-0.25, -0.2) is 4.68 Å². The minimum absolute atomic E-state index is 0.0946. The Morgan fingerprint density at radius 2 is 1.95 bits per heavy atom. The zero-order valence-electron chi connectivity index (χ0n) is 21.2. The van der Waals surface area contributed by atoms with Gasteiger partial charge in [-0.3, -0.25) is 9.69 Å². The topological polar surface area (TPSA) is 102 Å². The van der Waals surface area contributed by atoms with Crippen LogP contribution in [0.4, 0.5) is 0 Å². The Kier molecular flexibility index (Phi) is 7.14. The average molecular weight is 499 g/mol. The lowest BCUT2D eigenvalue weighted by Gasteiger charge is -2.30. The minimum Gasteiger partial charge on any atom is -0.497 e. The fourth-order valence-electron chi connectivity index (χ4n) is 4.66. The Hall–Kier alpha value is -4.24. The normalized spacial score (nSPS) is 12.3. The molecule has 37 heavy (non-hydrogen) atoms. The largest absolute Gasteiger partial charge is 0.497 e. The Morgan fingerprint density at radius 3 is 2.68 bits per heavy atom. The van der Waals surface area contributed by atoms with Crippen LogP contribution in [0.15, 0.2) is 76.1 Å². The van der Waals surface area contributed by atoms with E-state index in [4.69, 9.17) is 9.15 Å². The van der Waals surface area contributed by atoms with Crippen LogP contribution in [0, 0.1) is 6.92 Å². The van der Waals surface area contributed by atoms with Crippen LogP contribution in [0.1, 0.15) is 47.7 Å². The molecule has 0 bridgehead atoms. The van der Waals surface area contributed by atoms with E-state index in [0.717, 1.165) is 45.8 Å². The number of nitrogens with zero attached hydrogens (tertiary/aromatic N) is 5. The summed E-state index contributed by atoms with van der Waals surface area (Å²) in [5, 5.41) is 13.6. The van der Waals surface area contributed by atoms with Crippen LogP contribution in [0.5, 0.6) is 5.75 Å². The van der Waals surface area contributed by atoms with Gasteiger partial charge in [0.25, 0.3) is 5.56 Å². The molecule has 0 unspecified atom stereocenters. The molecule has 0 saturated carbocycles. The average Bonchev–Trinajstić information content (AvgIpc) is 3.58. The summed E-state index contributed by atoms with van der Waals surface area (Å²) in [6, 6.07) is 19.6. The highest BCUT2D eigenvalue weighted by atomic mass is 16.5. The second-order valence-electron chi connectivity index (χ2n) is 9.17. The molecule has 190 valence electrons. The Labute approximate surface area is 214 Å². The number of fused-ring (bicyclic) bond motifs is 1. The van der Waals surface area contributed by atoms with E-state index in [1.807, 2.05) is 61.5 Å². The zero-order chi connectivity index (χ0) is 25.8. The number of ether oxygens (including phenoxy) is 1. The van der Waals surface area contributed by atoms with Gasteiger partial charge in [0.2, 0.25) is 0 Å². The third-order valence-corrected chi connectivity index (χ3v) is 6.57. The van der Waals surface area contributed by atoms with Crippen molar-refractivity contribution in [3.63, 3.8) is 0 Å². The van der Waals surface area contributed by atoms with Crippen molar-refractivity contribution in [1.29, 1.82) is 0 Å². The second-order valence-corrected chi connectivity index (χ2v) is 9.17. The number of rotatable bonds is 10. The van der Waals surface area contributed by atoms with Gasteiger partial charge < -0.3 is 14.1 Å². The lowest BCUT2D eigenvalue weighted by atomic mass is 10.1.